The summed E-state index contributed by atoms with van der Waals surface area (Å²) in [7, 11) is 0. The zero-order chi connectivity index (χ0) is 24.0. The van der Waals surface area contributed by atoms with E-state index in [-0.39, 0.29) is 17.9 Å². The van der Waals surface area contributed by atoms with E-state index in [1.165, 1.54) is 17.2 Å². The molecule has 2 aromatic heterocycles. The Morgan fingerprint density at radius 3 is 2.29 bits per heavy atom. The number of hydrogen-bond acceptors (Lipinski definition) is 2. The van der Waals surface area contributed by atoms with Crippen molar-refractivity contribution in [2.75, 3.05) is 4.90 Å². The lowest BCUT2D eigenvalue weighted by molar-refractivity contribution is 0.556. The zero-order valence-corrected chi connectivity index (χ0v) is 20.5. The Morgan fingerprint density at radius 2 is 1.62 bits per heavy atom. The first kappa shape index (κ1) is 22.3. The maximum atomic E-state index is 15.0. The zero-order valence-electron chi connectivity index (χ0n) is 19.7. The van der Waals surface area contributed by atoms with Gasteiger partial charge in [0.15, 0.2) is 5.11 Å². The Labute approximate surface area is 205 Å². The minimum atomic E-state index is -0.304. The van der Waals surface area contributed by atoms with Crippen molar-refractivity contribution in [3.8, 4) is 5.69 Å². The number of halogens is 1. The fourth-order valence-corrected chi connectivity index (χ4v) is 5.48. The standard InChI is InChI=1S/C28H27FN4S/c1-17-13-18(2)15-21(14-17)32-19(3)16-22(20(32)4)27-26(24-10-7-8-12-30-24)31-28(34)33(27)25-11-6-5-9-23(25)29/h5-16,26-27H,1-4H3,(H,31,34)/t26-,27-/m0/s1. The summed E-state index contributed by atoms with van der Waals surface area (Å²) in [5, 5.41) is 3.92. The number of nitrogens with zero attached hydrogens (tertiary/aromatic N) is 3. The van der Waals surface area contributed by atoms with Crippen molar-refractivity contribution in [2.24, 2.45) is 0 Å². The summed E-state index contributed by atoms with van der Waals surface area (Å²) in [4.78, 5) is 6.51. The van der Waals surface area contributed by atoms with Crippen LogP contribution in [0.3, 0.4) is 0 Å². The fourth-order valence-electron chi connectivity index (χ4n) is 5.14. The van der Waals surface area contributed by atoms with Gasteiger partial charge in [-0.25, -0.2) is 4.39 Å². The van der Waals surface area contributed by atoms with E-state index in [4.69, 9.17) is 12.2 Å². The molecule has 0 unspecified atom stereocenters. The number of aromatic nitrogens is 2. The number of hydrogen-bond donors (Lipinski definition) is 1. The molecule has 1 fully saturated rings. The highest BCUT2D eigenvalue weighted by molar-refractivity contribution is 7.80. The molecule has 6 heteroatoms. The molecule has 2 atom stereocenters. The minimum absolute atomic E-state index is 0.221. The molecule has 34 heavy (non-hydrogen) atoms. The molecule has 1 N–H and O–H groups in total. The molecule has 4 aromatic rings. The first-order valence-corrected chi connectivity index (χ1v) is 11.8. The van der Waals surface area contributed by atoms with Crippen LogP contribution in [0.4, 0.5) is 10.1 Å². The van der Waals surface area contributed by atoms with Gasteiger partial charge in [-0.15, -0.1) is 0 Å². The third-order valence-electron chi connectivity index (χ3n) is 6.46. The Balaban J connectivity index is 1.71. The van der Waals surface area contributed by atoms with E-state index >= 15 is 4.39 Å². The highest BCUT2D eigenvalue weighted by atomic mass is 32.1. The molecule has 0 spiro atoms. The molecule has 1 saturated heterocycles. The summed E-state index contributed by atoms with van der Waals surface area (Å²) < 4.78 is 17.3. The second-order valence-electron chi connectivity index (χ2n) is 8.96. The molecule has 1 aliphatic rings. The van der Waals surface area contributed by atoms with Gasteiger partial charge < -0.3 is 14.8 Å². The Bertz CT molecular complexity index is 1360. The number of benzene rings is 2. The van der Waals surface area contributed by atoms with Crippen LogP contribution in [0.2, 0.25) is 0 Å². The summed E-state index contributed by atoms with van der Waals surface area (Å²) in [6.07, 6.45) is 1.78. The van der Waals surface area contributed by atoms with E-state index in [1.807, 2.05) is 29.2 Å². The normalized spacial score (nSPS) is 17.8. The number of para-hydroxylation sites is 1. The van der Waals surface area contributed by atoms with Gasteiger partial charge in [-0.3, -0.25) is 4.98 Å². The van der Waals surface area contributed by atoms with Gasteiger partial charge in [-0.1, -0.05) is 24.3 Å². The Kier molecular flexibility index (Phi) is 5.70. The Morgan fingerprint density at radius 1 is 0.912 bits per heavy atom. The van der Waals surface area contributed by atoms with Gasteiger partial charge in [-0.05, 0) is 99.1 Å². The molecule has 0 bridgehead atoms. The van der Waals surface area contributed by atoms with Gasteiger partial charge in [0.1, 0.15) is 5.82 Å². The van der Waals surface area contributed by atoms with Crippen molar-refractivity contribution in [2.45, 2.75) is 39.8 Å². The Hall–Kier alpha value is -3.51. The van der Waals surface area contributed by atoms with E-state index in [2.05, 4.69) is 66.8 Å². The molecular formula is C28H27FN4S. The van der Waals surface area contributed by atoms with Gasteiger partial charge >= 0.3 is 0 Å². The SMILES string of the molecule is Cc1cc(C)cc(-n2c(C)cc([C@H]3[C@H](c4ccccn4)NC(=S)N3c3ccccc3F)c2C)c1. The lowest BCUT2D eigenvalue weighted by Gasteiger charge is -2.28. The number of thiocarbonyl (C=S) groups is 1. The first-order valence-electron chi connectivity index (χ1n) is 11.4. The van der Waals surface area contributed by atoms with Crippen LogP contribution in [0.5, 0.6) is 0 Å². The van der Waals surface area contributed by atoms with Gasteiger partial charge in [-0.2, -0.15) is 0 Å². The third kappa shape index (κ3) is 3.78. The molecule has 0 amide bonds. The molecule has 1 aliphatic heterocycles. The van der Waals surface area contributed by atoms with Crippen molar-refractivity contribution >= 4 is 23.0 Å². The summed E-state index contributed by atoms with van der Waals surface area (Å²) in [5.74, 6) is -0.304. The molecule has 2 aromatic carbocycles. The molecular weight excluding hydrogens is 443 g/mol. The molecule has 3 heterocycles. The van der Waals surface area contributed by atoms with E-state index in [9.17, 15) is 0 Å². The fraction of sp³-hybridized carbons (Fsp3) is 0.214. The maximum Gasteiger partial charge on any atom is 0.174 e. The average molecular weight is 471 g/mol. The maximum absolute atomic E-state index is 15.0. The molecule has 0 saturated carbocycles. The van der Waals surface area contributed by atoms with Crippen LogP contribution < -0.4 is 10.2 Å². The highest BCUT2D eigenvalue weighted by Crippen LogP contribution is 2.44. The summed E-state index contributed by atoms with van der Waals surface area (Å²) in [6.45, 7) is 8.46. The van der Waals surface area contributed by atoms with Crippen LogP contribution in [0.25, 0.3) is 5.69 Å². The van der Waals surface area contributed by atoms with Crippen molar-refractivity contribution in [1.82, 2.24) is 14.9 Å². The molecule has 0 radical (unpaired) electrons. The molecule has 5 rings (SSSR count). The summed E-state index contributed by atoms with van der Waals surface area (Å²) >= 11 is 5.76. The molecule has 0 aliphatic carbocycles. The van der Waals surface area contributed by atoms with Crippen LogP contribution in [-0.2, 0) is 0 Å². The van der Waals surface area contributed by atoms with Gasteiger partial charge in [0, 0.05) is 23.3 Å². The monoisotopic (exact) mass is 470 g/mol. The predicted octanol–water partition coefficient (Wildman–Crippen LogP) is 6.42. The second kappa shape index (κ2) is 8.69. The van der Waals surface area contributed by atoms with E-state index in [0.717, 1.165) is 28.3 Å². The van der Waals surface area contributed by atoms with Crippen LogP contribution >= 0.6 is 12.2 Å². The summed E-state index contributed by atoms with van der Waals surface area (Å²) in [6, 6.07) is 20.9. The third-order valence-corrected chi connectivity index (χ3v) is 6.78. The molecule has 4 nitrogen and oxygen atoms in total. The van der Waals surface area contributed by atoms with Crippen molar-refractivity contribution in [3.63, 3.8) is 0 Å². The first-order chi connectivity index (χ1) is 16.3. The van der Waals surface area contributed by atoms with Gasteiger partial charge in [0.25, 0.3) is 0 Å². The highest BCUT2D eigenvalue weighted by Gasteiger charge is 2.43. The number of rotatable bonds is 4. The predicted molar refractivity (Wildman–Crippen MR) is 139 cm³/mol. The van der Waals surface area contributed by atoms with E-state index in [1.54, 1.807) is 18.3 Å². The van der Waals surface area contributed by atoms with Crippen molar-refractivity contribution in [3.05, 3.63) is 113 Å². The number of aryl methyl sites for hydroxylation is 3. The lowest BCUT2D eigenvalue weighted by atomic mass is 9.96. The number of anilines is 1. The van der Waals surface area contributed by atoms with E-state index in [0.29, 0.717) is 10.8 Å². The van der Waals surface area contributed by atoms with Gasteiger partial charge in [0.2, 0.25) is 0 Å². The summed E-state index contributed by atoms with van der Waals surface area (Å²) in [5.41, 5.74) is 8.18. The van der Waals surface area contributed by atoms with E-state index < -0.39 is 0 Å². The second-order valence-corrected chi connectivity index (χ2v) is 9.34. The smallest absolute Gasteiger partial charge is 0.174 e. The largest absolute Gasteiger partial charge is 0.351 e. The van der Waals surface area contributed by atoms with Crippen molar-refractivity contribution < 1.29 is 4.39 Å². The van der Waals surface area contributed by atoms with Crippen LogP contribution in [-0.4, -0.2) is 14.7 Å². The van der Waals surface area contributed by atoms with Crippen LogP contribution in [0.1, 0.15) is 45.9 Å². The minimum Gasteiger partial charge on any atom is -0.351 e. The number of pyridine rings is 1. The quantitative estimate of drug-likeness (QED) is 0.349. The van der Waals surface area contributed by atoms with Crippen LogP contribution in [0, 0.1) is 33.5 Å². The van der Waals surface area contributed by atoms with Crippen LogP contribution in [0.15, 0.2) is 72.9 Å². The topological polar surface area (TPSA) is 33.1 Å². The number of nitrogens with one attached hydrogen (secondary N) is 1. The molecule has 172 valence electrons. The lowest BCUT2D eigenvalue weighted by Crippen LogP contribution is -2.30. The van der Waals surface area contributed by atoms with Crippen molar-refractivity contribution in [1.29, 1.82) is 0 Å². The van der Waals surface area contributed by atoms with Gasteiger partial charge in [0.05, 0.1) is 23.5 Å². The average Bonchev–Trinajstić information content (AvgIpc) is 3.29.